The molecule has 4 rings (SSSR count). The molecule has 168 valence electrons. The van der Waals surface area contributed by atoms with Gasteiger partial charge in [-0.05, 0) is 48.2 Å². The fourth-order valence-corrected chi connectivity index (χ4v) is 4.13. The Bertz CT molecular complexity index is 1200. The van der Waals surface area contributed by atoms with Crippen molar-refractivity contribution in [2.75, 3.05) is 11.5 Å². The summed E-state index contributed by atoms with van der Waals surface area (Å²) >= 11 is 0. The van der Waals surface area contributed by atoms with E-state index in [9.17, 15) is 14.7 Å². The fourth-order valence-electron chi connectivity index (χ4n) is 4.13. The van der Waals surface area contributed by atoms with Crippen molar-refractivity contribution in [2.24, 2.45) is 0 Å². The van der Waals surface area contributed by atoms with Crippen LogP contribution >= 0.6 is 0 Å². The Hall–Kier alpha value is -3.86. The van der Waals surface area contributed by atoms with Crippen molar-refractivity contribution in [1.29, 1.82) is 0 Å². The van der Waals surface area contributed by atoms with Gasteiger partial charge in [-0.3, -0.25) is 14.5 Å². The van der Waals surface area contributed by atoms with Crippen LogP contribution in [0.25, 0.3) is 5.76 Å². The number of ketones is 1. The van der Waals surface area contributed by atoms with Crippen LogP contribution in [0.2, 0.25) is 0 Å². The molecule has 1 amide bonds. The van der Waals surface area contributed by atoms with Gasteiger partial charge in [0.05, 0.1) is 18.2 Å². The van der Waals surface area contributed by atoms with Gasteiger partial charge in [-0.15, -0.1) is 0 Å². The molecule has 5 nitrogen and oxygen atoms in total. The number of hydrogen-bond acceptors (Lipinski definition) is 4. The van der Waals surface area contributed by atoms with Gasteiger partial charge in [-0.1, -0.05) is 68.4 Å². The van der Waals surface area contributed by atoms with E-state index in [-0.39, 0.29) is 11.3 Å². The quantitative estimate of drug-likeness (QED) is 0.297. The highest BCUT2D eigenvalue weighted by Crippen LogP contribution is 2.43. The highest BCUT2D eigenvalue weighted by Gasteiger charge is 2.47. The van der Waals surface area contributed by atoms with Gasteiger partial charge in [0.15, 0.2) is 0 Å². The summed E-state index contributed by atoms with van der Waals surface area (Å²) in [4.78, 5) is 28.0. The van der Waals surface area contributed by atoms with E-state index in [1.165, 1.54) is 4.90 Å². The second-order valence-electron chi connectivity index (χ2n) is 8.29. The first-order chi connectivity index (χ1) is 15.9. The summed E-state index contributed by atoms with van der Waals surface area (Å²) in [6.07, 6.45) is 0. The number of Topliss-reactive ketones (excluding diaryl/α,β-unsaturated/α-hetero) is 1. The van der Waals surface area contributed by atoms with E-state index in [4.69, 9.17) is 4.74 Å². The van der Waals surface area contributed by atoms with Crippen molar-refractivity contribution >= 4 is 23.1 Å². The Balaban J connectivity index is 1.91. The van der Waals surface area contributed by atoms with Gasteiger partial charge < -0.3 is 9.84 Å². The van der Waals surface area contributed by atoms with Gasteiger partial charge in [0.2, 0.25) is 0 Å². The van der Waals surface area contributed by atoms with Gasteiger partial charge >= 0.3 is 0 Å². The third-order valence-corrected chi connectivity index (χ3v) is 5.81. The van der Waals surface area contributed by atoms with Crippen LogP contribution in [-0.4, -0.2) is 23.4 Å². The normalized spacial score (nSPS) is 17.6. The molecule has 5 heteroatoms. The smallest absolute Gasteiger partial charge is 0.300 e. The molecular formula is C28H27NO4. The molecule has 1 aliphatic rings. The summed E-state index contributed by atoms with van der Waals surface area (Å²) < 4.78 is 5.66. The summed E-state index contributed by atoms with van der Waals surface area (Å²) in [7, 11) is 0. The summed E-state index contributed by atoms with van der Waals surface area (Å²) in [6, 6.07) is 23.0. The Kier molecular flexibility index (Phi) is 6.31. The number of aliphatic hydroxyl groups is 1. The molecule has 1 fully saturated rings. The molecule has 3 aromatic carbocycles. The van der Waals surface area contributed by atoms with Crippen molar-refractivity contribution in [1.82, 2.24) is 0 Å². The lowest BCUT2D eigenvalue weighted by Gasteiger charge is -2.26. The predicted molar refractivity (Wildman–Crippen MR) is 129 cm³/mol. The van der Waals surface area contributed by atoms with E-state index in [1.807, 2.05) is 61.5 Å². The number of benzene rings is 3. The number of anilines is 1. The minimum absolute atomic E-state index is 0.0628. The Labute approximate surface area is 193 Å². The first-order valence-electron chi connectivity index (χ1n) is 11.1. The van der Waals surface area contributed by atoms with E-state index in [0.717, 1.165) is 5.56 Å². The SMILES string of the molecule is CCOc1cccc(C2/C(=C(/O)c3ccccc3)C(=O)C(=O)N2c2ccc(C(C)C)cc2)c1. The molecule has 0 saturated carbocycles. The van der Waals surface area contributed by atoms with Crippen molar-refractivity contribution in [3.63, 3.8) is 0 Å². The zero-order valence-electron chi connectivity index (χ0n) is 19.0. The zero-order chi connectivity index (χ0) is 23.5. The maximum atomic E-state index is 13.3. The van der Waals surface area contributed by atoms with Crippen LogP contribution in [0.1, 0.15) is 49.4 Å². The molecule has 1 aliphatic heterocycles. The number of amides is 1. The highest BCUT2D eigenvalue weighted by molar-refractivity contribution is 6.51. The van der Waals surface area contributed by atoms with Crippen LogP contribution in [0.4, 0.5) is 5.69 Å². The molecule has 3 aromatic rings. The largest absolute Gasteiger partial charge is 0.507 e. The highest BCUT2D eigenvalue weighted by atomic mass is 16.5. The third kappa shape index (κ3) is 4.27. The Morgan fingerprint density at radius 2 is 1.67 bits per heavy atom. The van der Waals surface area contributed by atoms with E-state index in [2.05, 4.69) is 13.8 Å². The number of carbonyl (C=O) groups excluding carboxylic acids is 2. The van der Waals surface area contributed by atoms with Crippen LogP contribution in [0, 0.1) is 0 Å². The molecule has 1 N–H and O–H groups in total. The first kappa shape index (κ1) is 22.3. The maximum absolute atomic E-state index is 13.3. The number of hydrogen-bond donors (Lipinski definition) is 1. The van der Waals surface area contributed by atoms with Crippen molar-refractivity contribution < 1.29 is 19.4 Å². The summed E-state index contributed by atoms with van der Waals surface area (Å²) in [5, 5.41) is 11.1. The molecule has 0 radical (unpaired) electrons. The Morgan fingerprint density at radius 3 is 2.30 bits per heavy atom. The molecule has 33 heavy (non-hydrogen) atoms. The number of ether oxygens (including phenoxy) is 1. The second kappa shape index (κ2) is 9.33. The van der Waals surface area contributed by atoms with E-state index >= 15 is 0 Å². The lowest BCUT2D eigenvalue weighted by Crippen LogP contribution is -2.29. The van der Waals surface area contributed by atoms with Crippen LogP contribution in [0.5, 0.6) is 5.75 Å². The van der Waals surface area contributed by atoms with Crippen LogP contribution in [0.15, 0.2) is 84.4 Å². The van der Waals surface area contributed by atoms with Gasteiger partial charge in [0, 0.05) is 11.3 Å². The molecule has 1 atom stereocenters. The van der Waals surface area contributed by atoms with Crippen LogP contribution in [0.3, 0.4) is 0 Å². The van der Waals surface area contributed by atoms with Gasteiger partial charge in [0.25, 0.3) is 11.7 Å². The average Bonchev–Trinajstić information content (AvgIpc) is 3.10. The monoisotopic (exact) mass is 441 g/mol. The molecule has 0 aliphatic carbocycles. The van der Waals surface area contributed by atoms with Crippen LogP contribution in [-0.2, 0) is 9.59 Å². The summed E-state index contributed by atoms with van der Waals surface area (Å²) in [5.74, 6) is -0.601. The minimum atomic E-state index is -0.782. The summed E-state index contributed by atoms with van der Waals surface area (Å²) in [5.41, 5.74) is 2.96. The molecule has 0 bridgehead atoms. The number of rotatable bonds is 6. The molecule has 0 aromatic heterocycles. The lowest BCUT2D eigenvalue weighted by molar-refractivity contribution is -0.132. The molecular weight excluding hydrogens is 414 g/mol. The van der Waals surface area contributed by atoms with Crippen LogP contribution < -0.4 is 9.64 Å². The van der Waals surface area contributed by atoms with Crippen molar-refractivity contribution in [3.05, 3.63) is 101 Å². The third-order valence-electron chi connectivity index (χ3n) is 5.81. The summed E-state index contributed by atoms with van der Waals surface area (Å²) in [6.45, 7) is 6.58. The molecule has 1 heterocycles. The molecule has 0 spiro atoms. The molecule has 1 unspecified atom stereocenters. The zero-order valence-corrected chi connectivity index (χ0v) is 19.0. The maximum Gasteiger partial charge on any atom is 0.300 e. The fraction of sp³-hybridized carbons (Fsp3) is 0.214. The number of nitrogens with zero attached hydrogens (tertiary/aromatic N) is 1. The van der Waals surface area contributed by atoms with Gasteiger partial charge in [-0.2, -0.15) is 0 Å². The van der Waals surface area contributed by atoms with E-state index in [1.54, 1.807) is 24.3 Å². The topological polar surface area (TPSA) is 66.8 Å². The first-order valence-corrected chi connectivity index (χ1v) is 11.1. The molecule has 1 saturated heterocycles. The minimum Gasteiger partial charge on any atom is -0.507 e. The standard InChI is InChI=1S/C28H27NO4/c1-4-33-23-12-8-11-21(17-23)25-24(26(30)20-9-6-5-7-10-20)27(31)28(32)29(25)22-15-13-19(14-16-22)18(2)3/h5-18,25,30H,4H2,1-3H3/b26-24-. The number of carbonyl (C=O) groups is 2. The van der Waals surface area contributed by atoms with Gasteiger partial charge in [-0.25, -0.2) is 0 Å². The Morgan fingerprint density at radius 1 is 0.970 bits per heavy atom. The van der Waals surface area contributed by atoms with Crippen molar-refractivity contribution in [3.8, 4) is 5.75 Å². The van der Waals surface area contributed by atoms with E-state index < -0.39 is 17.7 Å². The second-order valence-corrected chi connectivity index (χ2v) is 8.29. The average molecular weight is 442 g/mol. The number of aliphatic hydroxyl groups excluding tert-OH is 1. The van der Waals surface area contributed by atoms with Gasteiger partial charge in [0.1, 0.15) is 11.5 Å². The van der Waals surface area contributed by atoms with E-state index in [0.29, 0.717) is 35.1 Å². The predicted octanol–water partition coefficient (Wildman–Crippen LogP) is 5.84. The lowest BCUT2D eigenvalue weighted by atomic mass is 9.95. The van der Waals surface area contributed by atoms with Crippen molar-refractivity contribution in [2.45, 2.75) is 32.7 Å².